The summed E-state index contributed by atoms with van der Waals surface area (Å²) in [6, 6.07) is 7.90. The van der Waals surface area contributed by atoms with Gasteiger partial charge in [-0.05, 0) is 25.3 Å². The molecule has 0 N–H and O–H groups in total. The summed E-state index contributed by atoms with van der Waals surface area (Å²) in [6.45, 7) is 3.02. The highest BCUT2D eigenvalue weighted by atomic mass is 32.2. The van der Waals surface area contributed by atoms with E-state index in [1.807, 2.05) is 31.2 Å². The first kappa shape index (κ1) is 15.2. The van der Waals surface area contributed by atoms with Crippen LogP contribution in [0.25, 0.3) is 11.4 Å². The fourth-order valence-corrected chi connectivity index (χ4v) is 3.64. The molecule has 0 saturated carbocycles. The van der Waals surface area contributed by atoms with Gasteiger partial charge < -0.3 is 4.52 Å². The van der Waals surface area contributed by atoms with Crippen molar-refractivity contribution in [2.75, 3.05) is 19.3 Å². The molecule has 0 atom stereocenters. The maximum atomic E-state index is 11.5. The van der Waals surface area contributed by atoms with E-state index in [0.29, 0.717) is 37.6 Å². The van der Waals surface area contributed by atoms with Crippen molar-refractivity contribution >= 4 is 10.0 Å². The van der Waals surface area contributed by atoms with E-state index in [4.69, 9.17) is 4.52 Å². The van der Waals surface area contributed by atoms with Crippen molar-refractivity contribution in [2.45, 2.75) is 25.7 Å². The predicted octanol–water partition coefficient (Wildman–Crippen LogP) is 2.18. The minimum absolute atomic E-state index is 0.128. The Labute approximate surface area is 130 Å². The average Bonchev–Trinajstić information content (AvgIpc) is 2.96. The maximum absolute atomic E-state index is 11.5. The van der Waals surface area contributed by atoms with Gasteiger partial charge in [-0.2, -0.15) is 4.98 Å². The molecule has 7 heteroatoms. The second kappa shape index (κ2) is 5.81. The lowest BCUT2D eigenvalue weighted by Gasteiger charge is -2.28. The molecule has 0 bridgehead atoms. The van der Waals surface area contributed by atoms with Crippen LogP contribution in [-0.2, 0) is 10.0 Å². The molecule has 1 aromatic carbocycles. The number of rotatable bonds is 3. The van der Waals surface area contributed by atoms with Crippen LogP contribution in [0, 0.1) is 6.92 Å². The zero-order valence-corrected chi connectivity index (χ0v) is 13.5. The van der Waals surface area contributed by atoms with Gasteiger partial charge in [-0.1, -0.05) is 29.4 Å². The van der Waals surface area contributed by atoms with Crippen LogP contribution >= 0.6 is 0 Å². The van der Waals surface area contributed by atoms with E-state index in [0.717, 1.165) is 11.1 Å². The lowest BCUT2D eigenvalue weighted by Crippen LogP contribution is -2.37. The first-order valence-electron chi connectivity index (χ1n) is 7.30. The van der Waals surface area contributed by atoms with Crippen LogP contribution in [0.4, 0.5) is 0 Å². The van der Waals surface area contributed by atoms with Crippen LogP contribution in [-0.4, -0.2) is 42.2 Å². The molecule has 1 aliphatic rings. The highest BCUT2D eigenvalue weighted by Crippen LogP contribution is 2.29. The normalized spacial score (nSPS) is 17.7. The van der Waals surface area contributed by atoms with Crippen molar-refractivity contribution in [1.29, 1.82) is 0 Å². The first-order chi connectivity index (χ1) is 10.4. The highest BCUT2D eigenvalue weighted by Gasteiger charge is 2.29. The average molecular weight is 321 g/mol. The molecular weight excluding hydrogens is 302 g/mol. The van der Waals surface area contributed by atoms with Crippen LogP contribution in [0.15, 0.2) is 28.8 Å². The molecule has 2 heterocycles. The van der Waals surface area contributed by atoms with Gasteiger partial charge in [-0.3, -0.25) is 0 Å². The summed E-state index contributed by atoms with van der Waals surface area (Å²) < 4.78 is 30.0. The molecule has 1 aliphatic heterocycles. The minimum Gasteiger partial charge on any atom is -0.339 e. The Kier molecular flexibility index (Phi) is 4.01. The second-order valence-electron chi connectivity index (χ2n) is 5.71. The molecule has 3 rings (SSSR count). The number of benzene rings is 1. The molecule has 0 amide bonds. The Morgan fingerprint density at radius 3 is 2.55 bits per heavy atom. The number of aryl methyl sites for hydroxylation is 1. The van der Waals surface area contributed by atoms with E-state index in [2.05, 4.69) is 10.1 Å². The Morgan fingerprint density at radius 1 is 1.23 bits per heavy atom. The van der Waals surface area contributed by atoms with Gasteiger partial charge >= 0.3 is 0 Å². The van der Waals surface area contributed by atoms with E-state index >= 15 is 0 Å². The predicted molar refractivity (Wildman–Crippen MR) is 82.9 cm³/mol. The molecule has 0 spiro atoms. The lowest BCUT2D eigenvalue weighted by atomic mass is 9.98. The Bertz CT molecular complexity index is 762. The molecule has 0 radical (unpaired) electrons. The summed E-state index contributed by atoms with van der Waals surface area (Å²) in [5.74, 6) is 1.33. The summed E-state index contributed by atoms with van der Waals surface area (Å²) >= 11 is 0. The van der Waals surface area contributed by atoms with Gasteiger partial charge in [0, 0.05) is 24.6 Å². The van der Waals surface area contributed by atoms with E-state index < -0.39 is 10.0 Å². The first-order valence-corrected chi connectivity index (χ1v) is 9.14. The Balaban J connectivity index is 1.75. The standard InChI is InChI=1S/C15H19N3O3S/c1-11-5-3-4-6-13(11)14-16-15(21-17-14)12-7-9-18(10-8-12)22(2,19)20/h3-6,12H,7-10H2,1-2H3. The zero-order valence-electron chi connectivity index (χ0n) is 12.7. The van der Waals surface area contributed by atoms with Crippen LogP contribution in [0.2, 0.25) is 0 Å². The molecule has 0 aliphatic carbocycles. The summed E-state index contributed by atoms with van der Waals surface area (Å²) in [5.41, 5.74) is 2.06. The molecule has 6 nitrogen and oxygen atoms in total. The maximum Gasteiger partial charge on any atom is 0.230 e. The van der Waals surface area contributed by atoms with Crippen LogP contribution in [0.1, 0.15) is 30.2 Å². The molecule has 118 valence electrons. The van der Waals surface area contributed by atoms with Crippen molar-refractivity contribution in [2.24, 2.45) is 0 Å². The van der Waals surface area contributed by atoms with Crippen molar-refractivity contribution in [1.82, 2.24) is 14.4 Å². The molecule has 0 unspecified atom stereocenters. The van der Waals surface area contributed by atoms with E-state index in [9.17, 15) is 8.42 Å². The summed E-state index contributed by atoms with van der Waals surface area (Å²) in [6.07, 6.45) is 2.67. The fourth-order valence-electron chi connectivity index (χ4n) is 2.77. The number of hydrogen-bond donors (Lipinski definition) is 0. The molecule has 1 aromatic heterocycles. The van der Waals surface area contributed by atoms with E-state index in [1.165, 1.54) is 10.6 Å². The van der Waals surface area contributed by atoms with Crippen molar-refractivity contribution < 1.29 is 12.9 Å². The largest absolute Gasteiger partial charge is 0.339 e. The van der Waals surface area contributed by atoms with Gasteiger partial charge in [-0.15, -0.1) is 0 Å². The fraction of sp³-hybridized carbons (Fsp3) is 0.467. The van der Waals surface area contributed by atoms with Crippen LogP contribution < -0.4 is 0 Å². The summed E-state index contributed by atoms with van der Waals surface area (Å²) in [4.78, 5) is 4.51. The van der Waals surface area contributed by atoms with Crippen LogP contribution in [0.5, 0.6) is 0 Å². The molecule has 1 saturated heterocycles. The number of nitrogens with zero attached hydrogens (tertiary/aromatic N) is 3. The highest BCUT2D eigenvalue weighted by molar-refractivity contribution is 7.88. The summed E-state index contributed by atoms with van der Waals surface area (Å²) in [5, 5.41) is 4.07. The van der Waals surface area contributed by atoms with Gasteiger partial charge in [0.15, 0.2) is 0 Å². The Morgan fingerprint density at radius 2 is 1.91 bits per heavy atom. The number of hydrogen-bond acceptors (Lipinski definition) is 5. The third-order valence-electron chi connectivity index (χ3n) is 4.10. The third kappa shape index (κ3) is 3.05. The van der Waals surface area contributed by atoms with Crippen molar-refractivity contribution in [3.05, 3.63) is 35.7 Å². The number of sulfonamides is 1. The van der Waals surface area contributed by atoms with Gasteiger partial charge in [0.2, 0.25) is 21.7 Å². The number of aromatic nitrogens is 2. The van der Waals surface area contributed by atoms with Gasteiger partial charge in [0.1, 0.15) is 0 Å². The van der Waals surface area contributed by atoms with Gasteiger partial charge in [-0.25, -0.2) is 12.7 Å². The lowest BCUT2D eigenvalue weighted by molar-refractivity contribution is 0.271. The van der Waals surface area contributed by atoms with Gasteiger partial charge in [0.25, 0.3) is 0 Å². The molecule has 2 aromatic rings. The zero-order chi connectivity index (χ0) is 15.7. The van der Waals surface area contributed by atoms with E-state index in [1.54, 1.807) is 0 Å². The van der Waals surface area contributed by atoms with Crippen molar-refractivity contribution in [3.63, 3.8) is 0 Å². The minimum atomic E-state index is -3.11. The molecule has 22 heavy (non-hydrogen) atoms. The third-order valence-corrected chi connectivity index (χ3v) is 5.40. The number of piperidine rings is 1. The summed E-state index contributed by atoms with van der Waals surface area (Å²) in [7, 11) is -3.11. The van der Waals surface area contributed by atoms with Crippen molar-refractivity contribution in [3.8, 4) is 11.4 Å². The smallest absolute Gasteiger partial charge is 0.230 e. The molecule has 1 fully saturated rings. The monoisotopic (exact) mass is 321 g/mol. The molecular formula is C15H19N3O3S. The van der Waals surface area contributed by atoms with E-state index in [-0.39, 0.29) is 5.92 Å². The second-order valence-corrected chi connectivity index (χ2v) is 7.69. The Hall–Kier alpha value is -1.73. The quantitative estimate of drug-likeness (QED) is 0.866. The van der Waals surface area contributed by atoms with Crippen LogP contribution in [0.3, 0.4) is 0 Å². The van der Waals surface area contributed by atoms with Gasteiger partial charge in [0.05, 0.1) is 6.26 Å². The SMILES string of the molecule is Cc1ccccc1-c1noc(C2CCN(S(C)(=O)=O)CC2)n1. The topological polar surface area (TPSA) is 76.3 Å².